The average Bonchev–Trinajstić information content (AvgIpc) is 3.44. The number of likely N-dealkylation sites (tertiary alicyclic amines) is 1. The second kappa shape index (κ2) is 9.01. The molecular formula is C23H19F6N3O. The van der Waals surface area contributed by atoms with Crippen LogP contribution in [0.5, 0.6) is 0 Å². The minimum atomic E-state index is -4.91. The van der Waals surface area contributed by atoms with Crippen LogP contribution in [0.2, 0.25) is 0 Å². The topological polar surface area (TPSA) is 42.2 Å². The van der Waals surface area contributed by atoms with Crippen molar-refractivity contribution in [3.8, 4) is 11.5 Å². The maximum Gasteiger partial charge on any atom is 0.416 e. The zero-order valence-electron chi connectivity index (χ0n) is 17.2. The molecule has 1 fully saturated rings. The van der Waals surface area contributed by atoms with E-state index in [1.165, 1.54) is 18.9 Å². The molecule has 33 heavy (non-hydrogen) atoms. The molecule has 4 nitrogen and oxygen atoms in total. The van der Waals surface area contributed by atoms with Gasteiger partial charge in [-0.25, -0.2) is 0 Å². The Morgan fingerprint density at radius 2 is 1.45 bits per heavy atom. The monoisotopic (exact) mass is 467 g/mol. The van der Waals surface area contributed by atoms with Crippen LogP contribution in [0.1, 0.15) is 40.9 Å². The Balaban J connectivity index is 1.51. The largest absolute Gasteiger partial charge is 0.416 e. The molecule has 174 valence electrons. The first-order valence-corrected chi connectivity index (χ1v) is 10.2. The van der Waals surface area contributed by atoms with Gasteiger partial charge in [-0.2, -0.15) is 31.3 Å². The summed E-state index contributed by atoms with van der Waals surface area (Å²) >= 11 is 0. The molecule has 2 aromatic carbocycles. The molecule has 0 aliphatic carbocycles. The van der Waals surface area contributed by atoms with Gasteiger partial charge in [-0.3, -0.25) is 4.90 Å². The van der Waals surface area contributed by atoms with Crippen molar-refractivity contribution in [1.29, 1.82) is 0 Å². The van der Waals surface area contributed by atoms with Crippen molar-refractivity contribution in [2.75, 3.05) is 13.1 Å². The van der Waals surface area contributed by atoms with Crippen LogP contribution in [0.4, 0.5) is 26.3 Å². The number of aromatic nitrogens is 2. The van der Waals surface area contributed by atoms with Crippen LogP contribution in [0.25, 0.3) is 23.6 Å². The van der Waals surface area contributed by atoms with E-state index in [-0.39, 0.29) is 23.3 Å². The lowest BCUT2D eigenvalue weighted by Gasteiger charge is -2.14. The summed E-state index contributed by atoms with van der Waals surface area (Å²) in [6.07, 6.45) is -5.14. The van der Waals surface area contributed by atoms with Gasteiger partial charge in [0.2, 0.25) is 0 Å². The zero-order valence-corrected chi connectivity index (χ0v) is 17.2. The van der Waals surface area contributed by atoms with E-state index in [1.807, 2.05) is 24.3 Å². The highest BCUT2D eigenvalue weighted by Crippen LogP contribution is 2.36. The van der Waals surface area contributed by atoms with Gasteiger partial charge in [0, 0.05) is 12.1 Å². The van der Waals surface area contributed by atoms with Crippen molar-refractivity contribution in [1.82, 2.24) is 15.0 Å². The lowest BCUT2D eigenvalue weighted by atomic mass is 10.0. The fourth-order valence-corrected chi connectivity index (χ4v) is 3.62. The SMILES string of the molecule is FC(F)(F)c1cc(C=Cc2noc(-c3ccc(CN4CCCC4)cc3)n2)cc(C(F)(F)F)c1. The number of nitrogens with zero attached hydrogens (tertiary/aromatic N) is 3. The number of benzene rings is 2. The molecule has 1 aromatic heterocycles. The second-order valence-corrected chi connectivity index (χ2v) is 7.81. The standard InChI is InChI=1S/C23H19F6N3O/c24-22(25,26)18-11-16(12-19(13-18)23(27,28)29)5-8-20-30-21(33-31-20)17-6-3-15(4-7-17)14-32-9-1-2-10-32/h3-8,11-13H,1-2,9-10,14H2. The van der Waals surface area contributed by atoms with Crippen LogP contribution in [0.3, 0.4) is 0 Å². The quantitative estimate of drug-likeness (QED) is 0.400. The van der Waals surface area contributed by atoms with Gasteiger partial charge in [-0.15, -0.1) is 0 Å². The average molecular weight is 467 g/mol. The molecule has 3 aromatic rings. The maximum absolute atomic E-state index is 13.0. The molecule has 0 bridgehead atoms. The molecule has 1 aliphatic heterocycles. The Morgan fingerprint density at radius 1 is 0.848 bits per heavy atom. The van der Waals surface area contributed by atoms with Gasteiger partial charge in [0.05, 0.1) is 11.1 Å². The minimum absolute atomic E-state index is 0.0251. The Kier molecular flexibility index (Phi) is 6.29. The fourth-order valence-electron chi connectivity index (χ4n) is 3.62. The predicted molar refractivity (Wildman–Crippen MR) is 110 cm³/mol. The summed E-state index contributed by atoms with van der Waals surface area (Å²) in [6.45, 7) is 3.02. The van der Waals surface area contributed by atoms with E-state index in [0.29, 0.717) is 17.7 Å². The molecule has 0 saturated carbocycles. The van der Waals surface area contributed by atoms with Gasteiger partial charge < -0.3 is 4.52 Å². The van der Waals surface area contributed by atoms with Crippen molar-refractivity contribution < 1.29 is 30.9 Å². The number of hydrogen-bond donors (Lipinski definition) is 0. The second-order valence-electron chi connectivity index (χ2n) is 7.81. The lowest BCUT2D eigenvalue weighted by Crippen LogP contribution is -2.18. The first kappa shape index (κ1) is 23.0. The van der Waals surface area contributed by atoms with Crippen molar-refractivity contribution in [3.63, 3.8) is 0 Å². The van der Waals surface area contributed by atoms with E-state index in [2.05, 4.69) is 15.0 Å². The van der Waals surface area contributed by atoms with Crippen molar-refractivity contribution in [2.24, 2.45) is 0 Å². The van der Waals surface area contributed by atoms with E-state index in [4.69, 9.17) is 4.52 Å². The van der Waals surface area contributed by atoms with Crippen molar-refractivity contribution in [2.45, 2.75) is 31.7 Å². The van der Waals surface area contributed by atoms with Crippen LogP contribution in [-0.2, 0) is 18.9 Å². The molecule has 4 rings (SSSR count). The van der Waals surface area contributed by atoms with Crippen LogP contribution in [-0.4, -0.2) is 28.1 Å². The summed E-state index contributed by atoms with van der Waals surface area (Å²) in [5.41, 5.74) is -1.26. The number of halogens is 6. The van der Waals surface area contributed by atoms with E-state index in [0.717, 1.165) is 31.3 Å². The summed E-state index contributed by atoms with van der Waals surface area (Å²) in [5, 5.41) is 3.73. The number of alkyl halides is 6. The van der Waals surface area contributed by atoms with Gasteiger partial charge in [-0.1, -0.05) is 23.4 Å². The third-order valence-corrected chi connectivity index (χ3v) is 5.28. The van der Waals surface area contributed by atoms with Gasteiger partial charge >= 0.3 is 12.4 Å². The zero-order chi connectivity index (χ0) is 23.6. The highest BCUT2D eigenvalue weighted by molar-refractivity contribution is 5.68. The first-order chi connectivity index (χ1) is 15.6. The summed E-state index contributed by atoms with van der Waals surface area (Å²) < 4.78 is 83.2. The highest BCUT2D eigenvalue weighted by atomic mass is 19.4. The summed E-state index contributed by atoms with van der Waals surface area (Å²) in [4.78, 5) is 6.52. The molecule has 1 aliphatic rings. The highest BCUT2D eigenvalue weighted by Gasteiger charge is 2.36. The third-order valence-electron chi connectivity index (χ3n) is 5.28. The van der Waals surface area contributed by atoms with E-state index >= 15 is 0 Å². The van der Waals surface area contributed by atoms with Gasteiger partial charge in [-0.05, 0) is 73.5 Å². The number of rotatable bonds is 5. The fraction of sp³-hybridized carbons (Fsp3) is 0.304. The van der Waals surface area contributed by atoms with Crippen LogP contribution in [0, 0.1) is 0 Å². The Hall–Kier alpha value is -3.14. The Morgan fingerprint density at radius 3 is 2.03 bits per heavy atom. The molecule has 1 saturated heterocycles. The predicted octanol–water partition coefficient (Wildman–Crippen LogP) is 6.54. The molecule has 0 amide bonds. The van der Waals surface area contributed by atoms with Crippen LogP contribution >= 0.6 is 0 Å². The molecule has 0 spiro atoms. The van der Waals surface area contributed by atoms with Gasteiger partial charge in [0.15, 0.2) is 5.82 Å². The minimum Gasteiger partial charge on any atom is -0.334 e. The molecule has 0 radical (unpaired) electrons. The Labute approximate surface area is 185 Å². The smallest absolute Gasteiger partial charge is 0.334 e. The number of hydrogen-bond acceptors (Lipinski definition) is 4. The molecule has 0 atom stereocenters. The van der Waals surface area contributed by atoms with E-state index in [9.17, 15) is 26.3 Å². The normalized spacial score (nSPS) is 15.6. The van der Waals surface area contributed by atoms with Crippen LogP contribution < -0.4 is 0 Å². The molecule has 2 heterocycles. The van der Waals surface area contributed by atoms with E-state index in [1.54, 1.807) is 0 Å². The van der Waals surface area contributed by atoms with Gasteiger partial charge in [0.1, 0.15) is 0 Å². The van der Waals surface area contributed by atoms with Crippen LogP contribution in [0.15, 0.2) is 47.0 Å². The van der Waals surface area contributed by atoms with Crippen molar-refractivity contribution in [3.05, 3.63) is 70.5 Å². The first-order valence-electron chi connectivity index (χ1n) is 10.2. The van der Waals surface area contributed by atoms with Crippen molar-refractivity contribution >= 4 is 12.2 Å². The van der Waals surface area contributed by atoms with Gasteiger partial charge in [0.25, 0.3) is 5.89 Å². The summed E-state index contributed by atoms with van der Waals surface area (Å²) in [6, 6.07) is 8.90. The molecular weight excluding hydrogens is 448 g/mol. The van der Waals surface area contributed by atoms with E-state index < -0.39 is 23.5 Å². The maximum atomic E-state index is 13.0. The summed E-state index contributed by atoms with van der Waals surface area (Å²) in [7, 11) is 0. The summed E-state index contributed by atoms with van der Waals surface area (Å²) in [5.74, 6) is 0.222. The molecule has 10 heteroatoms. The Bertz CT molecular complexity index is 1090. The molecule has 0 unspecified atom stereocenters. The molecule has 0 N–H and O–H groups in total. The third kappa shape index (κ3) is 5.81. The lowest BCUT2D eigenvalue weighted by molar-refractivity contribution is -0.143.